The number of aromatic nitrogens is 5. The molecule has 4 aromatic heterocycles. The van der Waals surface area contributed by atoms with Crippen LogP contribution in [-0.2, 0) is 6.54 Å². The summed E-state index contributed by atoms with van der Waals surface area (Å²) in [5, 5.41) is 7.44. The number of nitrogens with one attached hydrogen (secondary N) is 1. The Morgan fingerprint density at radius 3 is 2.61 bits per heavy atom. The lowest BCUT2D eigenvalue weighted by molar-refractivity contribution is 0.179. The summed E-state index contributed by atoms with van der Waals surface area (Å²) in [6.45, 7) is 5.09. The van der Waals surface area contributed by atoms with Crippen LogP contribution in [0.1, 0.15) is 36.2 Å². The predicted octanol–water partition coefficient (Wildman–Crippen LogP) is 5.00. The highest BCUT2D eigenvalue weighted by Crippen LogP contribution is 2.30. The molecule has 0 radical (unpaired) electrons. The molecule has 1 aliphatic carbocycles. The topological polar surface area (TPSA) is 98.9 Å². The molecule has 1 aliphatic rings. The minimum atomic E-state index is 0.455. The molecule has 0 aliphatic heterocycles. The van der Waals surface area contributed by atoms with Gasteiger partial charge in [0.05, 0.1) is 29.4 Å². The molecule has 168 valence electrons. The van der Waals surface area contributed by atoms with Crippen molar-refractivity contribution in [3.05, 3.63) is 65.7 Å². The highest BCUT2D eigenvalue weighted by Gasteiger charge is 2.20. The van der Waals surface area contributed by atoms with E-state index in [9.17, 15) is 0 Å². The lowest BCUT2D eigenvalue weighted by Gasteiger charge is -2.25. The first-order chi connectivity index (χ1) is 16.2. The van der Waals surface area contributed by atoms with E-state index in [-0.39, 0.29) is 0 Å². The largest absolute Gasteiger partial charge is 0.491 e. The summed E-state index contributed by atoms with van der Waals surface area (Å²) >= 11 is 0. The third kappa shape index (κ3) is 4.69. The zero-order chi connectivity index (χ0) is 22.6. The van der Waals surface area contributed by atoms with Gasteiger partial charge in [0.1, 0.15) is 11.4 Å². The molecule has 1 saturated carbocycles. The highest BCUT2D eigenvalue weighted by atomic mass is 16.5. The molecular formula is C25H26N6O2. The summed E-state index contributed by atoms with van der Waals surface area (Å²) in [6, 6.07) is 11.5. The molecule has 4 heterocycles. The Kier molecular flexibility index (Phi) is 5.97. The Morgan fingerprint density at radius 1 is 0.939 bits per heavy atom. The van der Waals surface area contributed by atoms with E-state index in [0.29, 0.717) is 24.2 Å². The van der Waals surface area contributed by atoms with Crippen LogP contribution < -0.4 is 10.1 Å². The normalized spacial score (nSPS) is 13.5. The van der Waals surface area contributed by atoms with Gasteiger partial charge in [-0.3, -0.25) is 4.98 Å². The summed E-state index contributed by atoms with van der Waals surface area (Å²) in [5.74, 6) is 2.64. The van der Waals surface area contributed by atoms with E-state index in [0.717, 1.165) is 46.4 Å². The molecule has 1 fully saturated rings. The fraction of sp³-hybridized carbons (Fsp3) is 0.320. The van der Waals surface area contributed by atoms with Crippen molar-refractivity contribution in [2.75, 3.05) is 11.9 Å². The van der Waals surface area contributed by atoms with Gasteiger partial charge in [0.25, 0.3) is 0 Å². The fourth-order valence-electron chi connectivity index (χ4n) is 3.76. The van der Waals surface area contributed by atoms with Crippen LogP contribution in [0.4, 0.5) is 5.95 Å². The number of ether oxygens (including phenoxy) is 1. The molecule has 8 nitrogen and oxygen atoms in total. The Hall–Kier alpha value is -3.81. The Labute approximate surface area is 192 Å². The van der Waals surface area contributed by atoms with Gasteiger partial charge in [-0.05, 0) is 62.9 Å². The van der Waals surface area contributed by atoms with Crippen molar-refractivity contribution in [3.63, 3.8) is 0 Å². The van der Waals surface area contributed by atoms with E-state index in [1.807, 2.05) is 50.2 Å². The smallest absolute Gasteiger partial charge is 0.223 e. The van der Waals surface area contributed by atoms with Crippen LogP contribution in [0, 0.1) is 19.8 Å². The van der Waals surface area contributed by atoms with Gasteiger partial charge in [-0.15, -0.1) is 0 Å². The zero-order valence-electron chi connectivity index (χ0n) is 18.8. The minimum Gasteiger partial charge on any atom is -0.491 e. The van der Waals surface area contributed by atoms with Crippen molar-refractivity contribution in [1.29, 1.82) is 0 Å². The van der Waals surface area contributed by atoms with Crippen molar-refractivity contribution in [2.45, 2.75) is 39.7 Å². The maximum atomic E-state index is 5.98. The van der Waals surface area contributed by atoms with Gasteiger partial charge in [-0.2, -0.15) is 0 Å². The van der Waals surface area contributed by atoms with E-state index < -0.39 is 0 Å². The Bertz CT molecular complexity index is 1240. The van der Waals surface area contributed by atoms with E-state index >= 15 is 0 Å². The number of hydrogen-bond donors (Lipinski definition) is 1. The van der Waals surface area contributed by atoms with Crippen LogP contribution in [0.2, 0.25) is 0 Å². The first-order valence-electron chi connectivity index (χ1n) is 11.2. The van der Waals surface area contributed by atoms with E-state index in [1.165, 1.54) is 19.3 Å². The summed E-state index contributed by atoms with van der Waals surface area (Å²) in [4.78, 5) is 18.0. The third-order valence-electron chi connectivity index (χ3n) is 5.96. The zero-order valence-corrected chi connectivity index (χ0v) is 18.8. The van der Waals surface area contributed by atoms with E-state index in [4.69, 9.17) is 14.2 Å². The summed E-state index contributed by atoms with van der Waals surface area (Å²) < 4.78 is 11.6. The number of hydrogen-bond acceptors (Lipinski definition) is 8. The van der Waals surface area contributed by atoms with Crippen molar-refractivity contribution in [1.82, 2.24) is 25.1 Å². The lowest BCUT2D eigenvalue weighted by atomic mass is 9.86. The number of rotatable bonds is 8. The van der Waals surface area contributed by atoms with Crippen LogP contribution in [-0.4, -0.2) is 31.7 Å². The third-order valence-corrected chi connectivity index (χ3v) is 5.96. The van der Waals surface area contributed by atoms with Gasteiger partial charge in [-0.25, -0.2) is 15.0 Å². The average molecular weight is 443 g/mol. The first kappa shape index (κ1) is 21.1. The maximum Gasteiger partial charge on any atom is 0.223 e. The van der Waals surface area contributed by atoms with Crippen molar-refractivity contribution in [2.24, 2.45) is 5.92 Å². The standard InChI is InChI=1S/C25H26N6O2/c1-16-19(14-28-25-27-13-11-21(30-25)20-8-3-4-12-26-20)24(33-31-16)22-9-10-23(17(2)29-22)32-15-18-6-5-7-18/h3-4,8-13,18H,5-7,14-15H2,1-2H3,(H,27,28,30). The molecule has 0 atom stereocenters. The van der Waals surface area contributed by atoms with E-state index in [1.54, 1.807) is 12.4 Å². The lowest BCUT2D eigenvalue weighted by Crippen LogP contribution is -2.19. The molecule has 0 amide bonds. The van der Waals surface area contributed by atoms with Crippen molar-refractivity contribution in [3.8, 4) is 28.6 Å². The first-order valence-corrected chi connectivity index (χ1v) is 11.2. The highest BCUT2D eigenvalue weighted by molar-refractivity contribution is 5.60. The van der Waals surface area contributed by atoms with Crippen LogP contribution in [0.3, 0.4) is 0 Å². The predicted molar refractivity (Wildman–Crippen MR) is 125 cm³/mol. The quantitative estimate of drug-likeness (QED) is 0.407. The molecular weight excluding hydrogens is 416 g/mol. The maximum absolute atomic E-state index is 5.98. The molecule has 0 saturated heterocycles. The molecule has 0 bridgehead atoms. The molecule has 8 heteroatoms. The second kappa shape index (κ2) is 9.36. The van der Waals surface area contributed by atoms with Crippen molar-refractivity contribution >= 4 is 5.95 Å². The second-order valence-electron chi connectivity index (χ2n) is 8.30. The Morgan fingerprint density at radius 2 is 1.85 bits per heavy atom. The van der Waals surface area contributed by atoms with Gasteiger partial charge in [-0.1, -0.05) is 17.6 Å². The van der Waals surface area contributed by atoms with E-state index in [2.05, 4.69) is 25.4 Å². The molecule has 0 spiro atoms. The Balaban J connectivity index is 1.31. The van der Waals surface area contributed by atoms with Gasteiger partial charge in [0.15, 0.2) is 5.76 Å². The van der Waals surface area contributed by atoms with Gasteiger partial charge in [0, 0.05) is 24.5 Å². The van der Waals surface area contributed by atoms with Crippen LogP contribution in [0.5, 0.6) is 5.75 Å². The van der Waals surface area contributed by atoms with Crippen LogP contribution in [0.15, 0.2) is 53.3 Å². The summed E-state index contributed by atoms with van der Waals surface area (Å²) in [7, 11) is 0. The molecule has 33 heavy (non-hydrogen) atoms. The molecule has 5 rings (SSSR count). The fourth-order valence-corrected chi connectivity index (χ4v) is 3.76. The van der Waals surface area contributed by atoms with Gasteiger partial charge >= 0.3 is 0 Å². The molecule has 4 aromatic rings. The van der Waals surface area contributed by atoms with Crippen LogP contribution >= 0.6 is 0 Å². The number of aryl methyl sites for hydroxylation is 2. The SMILES string of the molecule is Cc1nc(-c2onc(C)c2CNc2nccc(-c3ccccn3)n2)ccc1OCC1CCC1. The number of nitrogens with zero attached hydrogens (tertiary/aromatic N) is 5. The number of anilines is 1. The van der Waals surface area contributed by atoms with Crippen LogP contribution in [0.25, 0.3) is 22.8 Å². The average Bonchev–Trinajstić information content (AvgIpc) is 3.18. The summed E-state index contributed by atoms with van der Waals surface area (Å²) in [6.07, 6.45) is 7.29. The summed E-state index contributed by atoms with van der Waals surface area (Å²) in [5.41, 5.74) is 4.82. The van der Waals surface area contributed by atoms with Gasteiger partial charge < -0.3 is 14.6 Å². The van der Waals surface area contributed by atoms with Crippen molar-refractivity contribution < 1.29 is 9.26 Å². The van der Waals surface area contributed by atoms with Gasteiger partial charge in [0.2, 0.25) is 5.95 Å². The molecule has 0 aromatic carbocycles. The minimum absolute atomic E-state index is 0.455. The monoisotopic (exact) mass is 442 g/mol. The second-order valence-corrected chi connectivity index (χ2v) is 8.30. The number of pyridine rings is 2. The molecule has 1 N–H and O–H groups in total. The molecule has 0 unspecified atom stereocenters.